The van der Waals surface area contributed by atoms with Crippen LogP contribution in [0.15, 0.2) is 17.5 Å². The molecule has 7 heteroatoms. The highest BCUT2D eigenvalue weighted by molar-refractivity contribution is 7.10. The van der Waals surface area contributed by atoms with Crippen molar-refractivity contribution in [2.24, 2.45) is 0 Å². The van der Waals surface area contributed by atoms with Gasteiger partial charge in [-0.05, 0) is 37.4 Å². The standard InChI is InChI=1S/C18H29N3O3S/c1-20(17(22)18(23-2)5-7-19-8-6-18)14-15(16-4-3-13-25-16)21-9-11-24-12-10-21/h3-4,13,15,19H,5-12,14H2,1-2H3. The van der Waals surface area contributed by atoms with E-state index in [1.54, 1.807) is 18.4 Å². The van der Waals surface area contributed by atoms with Crippen LogP contribution in [-0.4, -0.2) is 81.4 Å². The van der Waals surface area contributed by atoms with Crippen LogP contribution < -0.4 is 5.32 Å². The predicted molar refractivity (Wildman–Crippen MR) is 98.9 cm³/mol. The van der Waals surface area contributed by atoms with Gasteiger partial charge in [-0.3, -0.25) is 9.69 Å². The van der Waals surface area contributed by atoms with E-state index in [1.165, 1.54) is 4.88 Å². The molecule has 1 atom stereocenters. The topological polar surface area (TPSA) is 54.0 Å². The molecule has 3 heterocycles. The van der Waals surface area contributed by atoms with Crippen LogP contribution in [0.25, 0.3) is 0 Å². The number of morpholine rings is 1. The van der Waals surface area contributed by atoms with Crippen LogP contribution in [-0.2, 0) is 14.3 Å². The van der Waals surface area contributed by atoms with Gasteiger partial charge < -0.3 is 19.7 Å². The minimum atomic E-state index is -0.676. The second-order valence-corrected chi connectivity index (χ2v) is 7.79. The fourth-order valence-corrected chi connectivity index (χ4v) is 4.63. The molecule has 6 nitrogen and oxygen atoms in total. The average molecular weight is 368 g/mol. The van der Waals surface area contributed by atoms with Crippen molar-refractivity contribution in [1.29, 1.82) is 0 Å². The third-order valence-corrected chi connectivity index (χ3v) is 6.32. The Balaban J connectivity index is 1.73. The smallest absolute Gasteiger partial charge is 0.254 e. The van der Waals surface area contributed by atoms with Crippen LogP contribution in [0.2, 0.25) is 0 Å². The van der Waals surface area contributed by atoms with Gasteiger partial charge >= 0.3 is 0 Å². The third kappa shape index (κ3) is 4.23. The molecular formula is C18H29N3O3S. The van der Waals surface area contributed by atoms with Gasteiger partial charge in [0, 0.05) is 38.7 Å². The lowest BCUT2D eigenvalue weighted by atomic mass is 9.90. The molecule has 0 spiro atoms. The summed E-state index contributed by atoms with van der Waals surface area (Å²) >= 11 is 1.76. The molecule has 1 unspecified atom stereocenters. The third-order valence-electron chi connectivity index (χ3n) is 5.34. The van der Waals surface area contributed by atoms with Gasteiger partial charge in [0.1, 0.15) is 5.60 Å². The van der Waals surface area contributed by atoms with Gasteiger partial charge in [-0.25, -0.2) is 0 Å². The van der Waals surface area contributed by atoms with Gasteiger partial charge in [-0.15, -0.1) is 11.3 Å². The summed E-state index contributed by atoms with van der Waals surface area (Å²) in [7, 11) is 3.57. The maximum Gasteiger partial charge on any atom is 0.254 e. The van der Waals surface area contributed by atoms with Crippen molar-refractivity contribution in [3.8, 4) is 0 Å². The summed E-state index contributed by atoms with van der Waals surface area (Å²) < 4.78 is 11.2. The lowest BCUT2D eigenvalue weighted by Crippen LogP contribution is -2.55. The fourth-order valence-electron chi connectivity index (χ4n) is 3.78. The fraction of sp³-hybridized carbons (Fsp3) is 0.722. The molecule has 25 heavy (non-hydrogen) atoms. The van der Waals surface area contributed by atoms with Gasteiger partial charge in [-0.2, -0.15) is 0 Å². The van der Waals surface area contributed by atoms with E-state index in [4.69, 9.17) is 9.47 Å². The number of piperidine rings is 1. The van der Waals surface area contributed by atoms with E-state index in [0.29, 0.717) is 6.54 Å². The van der Waals surface area contributed by atoms with Gasteiger partial charge in [-0.1, -0.05) is 6.07 Å². The van der Waals surface area contributed by atoms with E-state index in [0.717, 1.165) is 52.2 Å². The monoisotopic (exact) mass is 367 g/mol. The van der Waals surface area contributed by atoms with E-state index in [1.807, 2.05) is 11.9 Å². The molecule has 140 valence electrons. The van der Waals surface area contributed by atoms with Crippen molar-refractivity contribution in [1.82, 2.24) is 15.1 Å². The molecule has 0 bridgehead atoms. The molecule has 2 saturated heterocycles. The molecule has 1 N–H and O–H groups in total. The number of amides is 1. The Morgan fingerprint density at radius 2 is 2.16 bits per heavy atom. The largest absolute Gasteiger partial charge is 0.379 e. The van der Waals surface area contributed by atoms with Crippen molar-refractivity contribution >= 4 is 17.2 Å². The zero-order chi connectivity index (χ0) is 17.7. The van der Waals surface area contributed by atoms with Crippen molar-refractivity contribution in [3.05, 3.63) is 22.4 Å². The Morgan fingerprint density at radius 3 is 2.76 bits per heavy atom. The van der Waals surface area contributed by atoms with Crippen LogP contribution in [0.5, 0.6) is 0 Å². The number of carbonyl (C=O) groups excluding carboxylic acids is 1. The zero-order valence-electron chi connectivity index (χ0n) is 15.2. The number of nitrogens with one attached hydrogen (secondary N) is 1. The van der Waals surface area contributed by atoms with E-state index < -0.39 is 5.60 Å². The second-order valence-electron chi connectivity index (χ2n) is 6.81. The summed E-state index contributed by atoms with van der Waals surface area (Å²) in [4.78, 5) is 18.8. The molecule has 0 radical (unpaired) electrons. The van der Waals surface area contributed by atoms with Gasteiger partial charge in [0.25, 0.3) is 5.91 Å². The first-order chi connectivity index (χ1) is 12.2. The summed E-state index contributed by atoms with van der Waals surface area (Å²) in [6, 6.07) is 4.46. The zero-order valence-corrected chi connectivity index (χ0v) is 16.0. The lowest BCUT2D eigenvalue weighted by Gasteiger charge is -2.40. The molecule has 2 fully saturated rings. The summed E-state index contributed by atoms with van der Waals surface area (Å²) in [5.74, 6) is 0.103. The first kappa shape index (κ1) is 18.8. The predicted octanol–water partition coefficient (Wildman–Crippen LogP) is 1.35. The van der Waals surface area contributed by atoms with Crippen LogP contribution in [0, 0.1) is 0 Å². The molecule has 2 aliphatic rings. The van der Waals surface area contributed by atoms with E-state index in [2.05, 4.69) is 27.7 Å². The number of likely N-dealkylation sites (N-methyl/N-ethyl adjacent to an activating group) is 1. The number of ether oxygens (including phenoxy) is 2. The highest BCUT2D eigenvalue weighted by Gasteiger charge is 2.42. The number of methoxy groups -OCH3 is 1. The van der Waals surface area contributed by atoms with E-state index >= 15 is 0 Å². The van der Waals surface area contributed by atoms with Crippen LogP contribution in [0.1, 0.15) is 23.8 Å². The summed E-state index contributed by atoms with van der Waals surface area (Å²) in [5.41, 5.74) is -0.676. The Kier molecular flexibility index (Phi) is 6.46. The van der Waals surface area contributed by atoms with Crippen molar-refractivity contribution in [3.63, 3.8) is 0 Å². The van der Waals surface area contributed by atoms with Crippen molar-refractivity contribution in [2.75, 3.05) is 60.1 Å². The summed E-state index contributed by atoms with van der Waals surface area (Å²) in [5, 5.41) is 5.42. The average Bonchev–Trinajstić information content (AvgIpc) is 3.21. The number of nitrogens with zero attached hydrogens (tertiary/aromatic N) is 2. The number of rotatable bonds is 6. The number of carbonyl (C=O) groups is 1. The Labute approximate surface area is 154 Å². The molecule has 2 aliphatic heterocycles. The van der Waals surface area contributed by atoms with E-state index in [9.17, 15) is 4.79 Å². The van der Waals surface area contributed by atoms with Crippen LogP contribution >= 0.6 is 11.3 Å². The Morgan fingerprint density at radius 1 is 1.44 bits per heavy atom. The molecule has 0 aliphatic carbocycles. The lowest BCUT2D eigenvalue weighted by molar-refractivity contribution is -0.157. The summed E-state index contributed by atoms with van der Waals surface area (Å²) in [6.45, 7) is 5.66. The number of hydrogen-bond acceptors (Lipinski definition) is 6. The van der Waals surface area contributed by atoms with Crippen LogP contribution in [0.3, 0.4) is 0 Å². The minimum absolute atomic E-state index is 0.103. The maximum atomic E-state index is 13.2. The molecule has 3 rings (SSSR count). The van der Waals surface area contributed by atoms with E-state index in [-0.39, 0.29) is 11.9 Å². The van der Waals surface area contributed by atoms with Gasteiger partial charge in [0.15, 0.2) is 0 Å². The van der Waals surface area contributed by atoms with Gasteiger partial charge in [0.05, 0.1) is 19.3 Å². The number of thiophene rings is 1. The first-order valence-corrected chi connectivity index (χ1v) is 9.91. The second kappa shape index (κ2) is 8.60. The quantitative estimate of drug-likeness (QED) is 0.823. The normalized spacial score (nSPS) is 22.5. The van der Waals surface area contributed by atoms with Gasteiger partial charge in [0.2, 0.25) is 0 Å². The molecule has 0 saturated carbocycles. The molecule has 1 amide bonds. The van der Waals surface area contributed by atoms with Crippen LogP contribution in [0.4, 0.5) is 0 Å². The molecule has 1 aromatic heterocycles. The SMILES string of the molecule is COC1(C(=O)N(C)CC(c2cccs2)N2CCOCC2)CCNCC1. The maximum absolute atomic E-state index is 13.2. The Hall–Kier alpha value is -0.990. The summed E-state index contributed by atoms with van der Waals surface area (Å²) in [6.07, 6.45) is 1.46. The highest BCUT2D eigenvalue weighted by Crippen LogP contribution is 2.29. The molecule has 0 aromatic carbocycles. The van der Waals surface area contributed by atoms with Crippen molar-refractivity contribution in [2.45, 2.75) is 24.5 Å². The molecular weight excluding hydrogens is 338 g/mol. The highest BCUT2D eigenvalue weighted by atomic mass is 32.1. The Bertz CT molecular complexity index is 540. The minimum Gasteiger partial charge on any atom is -0.379 e. The molecule has 1 aromatic rings. The van der Waals surface area contributed by atoms with Crippen molar-refractivity contribution < 1.29 is 14.3 Å². The first-order valence-electron chi connectivity index (χ1n) is 9.03. The number of hydrogen-bond donors (Lipinski definition) is 1.